The average Bonchev–Trinajstić information content (AvgIpc) is 2.79. The number of nitrogens with one attached hydrogen (secondary N) is 1. The van der Waals surface area contributed by atoms with E-state index >= 15 is 0 Å². The van der Waals surface area contributed by atoms with Crippen LogP contribution in [-0.2, 0) is 0 Å². The van der Waals surface area contributed by atoms with Gasteiger partial charge in [0.05, 0.1) is 23.6 Å². The Bertz CT molecular complexity index is 1230. The van der Waals surface area contributed by atoms with Crippen molar-refractivity contribution in [1.82, 2.24) is 9.97 Å². The third-order valence-electron chi connectivity index (χ3n) is 6.22. The fourth-order valence-corrected chi connectivity index (χ4v) is 4.82. The normalized spacial score (nSPS) is 19.8. The van der Waals surface area contributed by atoms with Crippen LogP contribution in [0, 0.1) is 23.4 Å². The van der Waals surface area contributed by atoms with E-state index in [4.69, 9.17) is 10.5 Å². The summed E-state index contributed by atoms with van der Waals surface area (Å²) in [5, 5.41) is 2.78. The lowest BCUT2D eigenvalue weighted by Crippen LogP contribution is -2.31. The SMILES string of the molecule is CC(C)Oc1cc(F)c(-c2nc(C(=O)Nc3cnccc3[C@@H]3C[C@H](C)C[C@@H](N)C3)ccc2F)c(F)c1. The Kier molecular flexibility index (Phi) is 7.59. The van der Waals surface area contributed by atoms with Gasteiger partial charge in [0.1, 0.15) is 34.6 Å². The molecule has 3 atom stereocenters. The Morgan fingerprint density at radius 2 is 1.81 bits per heavy atom. The van der Waals surface area contributed by atoms with Crippen LogP contribution in [0.15, 0.2) is 42.7 Å². The van der Waals surface area contributed by atoms with E-state index in [0.717, 1.165) is 49.1 Å². The number of hydrogen-bond donors (Lipinski definition) is 2. The van der Waals surface area contributed by atoms with Crippen LogP contribution in [0.25, 0.3) is 11.3 Å². The number of nitrogens with zero attached hydrogens (tertiary/aromatic N) is 2. The summed E-state index contributed by atoms with van der Waals surface area (Å²) in [5.41, 5.74) is 6.14. The molecule has 2 heterocycles. The van der Waals surface area contributed by atoms with Crippen molar-refractivity contribution in [2.45, 2.75) is 58.1 Å². The van der Waals surface area contributed by atoms with Gasteiger partial charge in [-0.3, -0.25) is 9.78 Å². The fourth-order valence-electron chi connectivity index (χ4n) is 4.82. The molecular formula is C27H29F3N4O2. The van der Waals surface area contributed by atoms with Gasteiger partial charge >= 0.3 is 0 Å². The minimum atomic E-state index is -1.05. The molecular weight excluding hydrogens is 469 g/mol. The van der Waals surface area contributed by atoms with Crippen molar-refractivity contribution >= 4 is 11.6 Å². The van der Waals surface area contributed by atoms with Gasteiger partial charge < -0.3 is 15.8 Å². The average molecular weight is 499 g/mol. The highest BCUT2D eigenvalue weighted by Gasteiger charge is 2.28. The zero-order valence-electron chi connectivity index (χ0n) is 20.4. The molecule has 6 nitrogen and oxygen atoms in total. The third kappa shape index (κ3) is 5.67. The topological polar surface area (TPSA) is 90.1 Å². The molecule has 0 saturated heterocycles. The summed E-state index contributed by atoms with van der Waals surface area (Å²) in [6.07, 6.45) is 5.54. The predicted octanol–water partition coefficient (Wildman–Crippen LogP) is 5.83. The van der Waals surface area contributed by atoms with Crippen LogP contribution in [0.1, 0.15) is 62.0 Å². The number of carbonyl (C=O) groups is 1. The Labute approximate surface area is 208 Å². The van der Waals surface area contributed by atoms with Gasteiger partial charge in [0, 0.05) is 24.4 Å². The zero-order chi connectivity index (χ0) is 26.0. The number of pyridine rings is 2. The Morgan fingerprint density at radius 3 is 2.47 bits per heavy atom. The lowest BCUT2D eigenvalue weighted by molar-refractivity contribution is 0.102. The van der Waals surface area contributed by atoms with Crippen LogP contribution in [0.2, 0.25) is 0 Å². The van der Waals surface area contributed by atoms with Gasteiger partial charge in [-0.2, -0.15) is 0 Å². The summed E-state index contributed by atoms with van der Waals surface area (Å²) in [7, 11) is 0. The first kappa shape index (κ1) is 25.6. The molecule has 190 valence electrons. The van der Waals surface area contributed by atoms with E-state index in [1.165, 1.54) is 6.20 Å². The van der Waals surface area contributed by atoms with Gasteiger partial charge in [-0.25, -0.2) is 18.2 Å². The monoisotopic (exact) mass is 498 g/mol. The number of hydrogen-bond acceptors (Lipinski definition) is 5. The largest absolute Gasteiger partial charge is 0.491 e. The summed E-state index contributed by atoms with van der Waals surface area (Å²) in [6, 6.07) is 5.96. The summed E-state index contributed by atoms with van der Waals surface area (Å²) in [4.78, 5) is 21.1. The first-order chi connectivity index (χ1) is 17.1. The number of benzene rings is 1. The summed E-state index contributed by atoms with van der Waals surface area (Å²) < 4.78 is 49.5. The van der Waals surface area contributed by atoms with Crippen molar-refractivity contribution in [3.05, 3.63) is 71.4 Å². The van der Waals surface area contributed by atoms with Crippen molar-refractivity contribution in [1.29, 1.82) is 0 Å². The number of amides is 1. The number of carbonyl (C=O) groups excluding carboxylic acids is 1. The van der Waals surface area contributed by atoms with Crippen molar-refractivity contribution in [2.24, 2.45) is 11.7 Å². The molecule has 0 spiro atoms. The first-order valence-electron chi connectivity index (χ1n) is 12.0. The van der Waals surface area contributed by atoms with Crippen LogP contribution in [0.4, 0.5) is 18.9 Å². The number of ether oxygens (including phenoxy) is 1. The molecule has 3 N–H and O–H groups in total. The quantitative estimate of drug-likeness (QED) is 0.446. The maximum atomic E-state index is 14.8. The first-order valence-corrected chi connectivity index (χ1v) is 12.0. The zero-order valence-corrected chi connectivity index (χ0v) is 20.4. The van der Waals surface area contributed by atoms with Crippen molar-refractivity contribution < 1.29 is 22.7 Å². The molecule has 1 aliphatic rings. The van der Waals surface area contributed by atoms with Gasteiger partial charge in [0.25, 0.3) is 5.91 Å². The maximum absolute atomic E-state index is 14.8. The number of halogens is 3. The molecule has 1 saturated carbocycles. The predicted molar refractivity (Wildman–Crippen MR) is 131 cm³/mol. The lowest BCUT2D eigenvalue weighted by atomic mass is 9.76. The molecule has 0 bridgehead atoms. The fraction of sp³-hybridized carbons (Fsp3) is 0.370. The molecule has 1 amide bonds. The van der Waals surface area contributed by atoms with Crippen LogP contribution < -0.4 is 15.8 Å². The molecule has 3 aromatic rings. The van der Waals surface area contributed by atoms with E-state index in [-0.39, 0.29) is 29.5 Å². The van der Waals surface area contributed by atoms with Crippen LogP contribution in [-0.4, -0.2) is 28.0 Å². The van der Waals surface area contributed by atoms with Gasteiger partial charge in [-0.05, 0) is 68.7 Å². The van der Waals surface area contributed by atoms with Crippen molar-refractivity contribution in [3.8, 4) is 17.0 Å². The highest BCUT2D eigenvalue weighted by molar-refractivity contribution is 6.03. The Balaban J connectivity index is 1.63. The Morgan fingerprint density at radius 1 is 1.08 bits per heavy atom. The van der Waals surface area contributed by atoms with Crippen LogP contribution >= 0.6 is 0 Å². The molecule has 36 heavy (non-hydrogen) atoms. The van der Waals surface area contributed by atoms with E-state index in [2.05, 4.69) is 22.2 Å². The van der Waals surface area contributed by atoms with Gasteiger partial charge in [0.2, 0.25) is 0 Å². The second-order valence-electron chi connectivity index (χ2n) is 9.64. The second kappa shape index (κ2) is 10.7. The summed E-state index contributed by atoms with van der Waals surface area (Å²) >= 11 is 0. The van der Waals surface area contributed by atoms with E-state index in [1.54, 1.807) is 20.0 Å². The molecule has 0 radical (unpaired) electrons. The van der Waals surface area contributed by atoms with E-state index in [9.17, 15) is 18.0 Å². The summed E-state index contributed by atoms with van der Waals surface area (Å²) in [5.74, 6) is -3.15. The minimum Gasteiger partial charge on any atom is -0.491 e. The van der Waals surface area contributed by atoms with Gasteiger partial charge in [-0.15, -0.1) is 0 Å². The smallest absolute Gasteiger partial charge is 0.274 e. The van der Waals surface area contributed by atoms with Gasteiger partial charge in [0.15, 0.2) is 0 Å². The maximum Gasteiger partial charge on any atom is 0.274 e. The number of nitrogens with two attached hydrogens (primary N) is 1. The van der Waals surface area contributed by atoms with Crippen LogP contribution in [0.3, 0.4) is 0 Å². The summed E-state index contributed by atoms with van der Waals surface area (Å²) in [6.45, 7) is 5.57. The Hall–Kier alpha value is -3.46. The highest BCUT2D eigenvalue weighted by atomic mass is 19.1. The van der Waals surface area contributed by atoms with E-state index < -0.39 is 34.6 Å². The molecule has 1 aliphatic carbocycles. The van der Waals surface area contributed by atoms with Crippen molar-refractivity contribution in [3.63, 3.8) is 0 Å². The molecule has 2 aromatic heterocycles. The third-order valence-corrected chi connectivity index (χ3v) is 6.22. The molecule has 0 aliphatic heterocycles. The van der Waals surface area contributed by atoms with Gasteiger partial charge in [-0.1, -0.05) is 6.92 Å². The molecule has 1 aromatic carbocycles. The van der Waals surface area contributed by atoms with Crippen LogP contribution in [0.5, 0.6) is 5.75 Å². The number of aromatic nitrogens is 2. The number of anilines is 1. The highest BCUT2D eigenvalue weighted by Crippen LogP contribution is 2.38. The minimum absolute atomic E-state index is 0.0288. The molecule has 9 heteroatoms. The van der Waals surface area contributed by atoms with E-state index in [0.29, 0.717) is 11.6 Å². The lowest BCUT2D eigenvalue weighted by Gasteiger charge is -2.32. The number of rotatable bonds is 6. The molecule has 1 fully saturated rings. The van der Waals surface area contributed by atoms with E-state index in [1.807, 2.05) is 6.07 Å². The molecule has 4 rings (SSSR count). The second-order valence-corrected chi connectivity index (χ2v) is 9.64. The standard InChI is InChI=1S/C27H29F3N4O2/c1-14(2)36-18-11-21(29)25(22(30)12-18)26-20(28)4-5-23(33-26)27(35)34-24-13-32-7-6-19(24)16-8-15(3)9-17(31)10-16/h4-7,11-17H,8-10,31H2,1-3H3,(H,34,35)/t15-,16+,17+/m0/s1. The van der Waals surface area contributed by atoms with Crippen molar-refractivity contribution in [2.75, 3.05) is 5.32 Å². The molecule has 0 unspecified atom stereocenters.